The number of nitrogens with one attached hydrogen (secondary N) is 1. The molecule has 4 heteroatoms. The van der Waals surface area contributed by atoms with Crippen LogP contribution in [0.1, 0.15) is 37.9 Å². The topological polar surface area (TPSA) is 30.5 Å². The van der Waals surface area contributed by atoms with Crippen molar-refractivity contribution in [1.82, 2.24) is 5.32 Å². The van der Waals surface area contributed by atoms with Crippen molar-refractivity contribution >= 4 is 11.6 Å². The maximum absolute atomic E-state index is 6.31. The highest BCUT2D eigenvalue weighted by Crippen LogP contribution is 2.45. The van der Waals surface area contributed by atoms with Gasteiger partial charge in [0.05, 0.1) is 6.10 Å². The molecular formula is C15H20ClNO2. The molecule has 3 rings (SSSR count). The molecule has 1 saturated heterocycles. The maximum atomic E-state index is 6.31. The zero-order valence-corrected chi connectivity index (χ0v) is 12.0. The SMILES string of the molecule is CCOC1CC2(CCNCC2)Oc2ccc(Cl)cc21. The van der Waals surface area contributed by atoms with E-state index in [2.05, 4.69) is 5.32 Å². The van der Waals surface area contributed by atoms with Crippen LogP contribution in [0.4, 0.5) is 0 Å². The van der Waals surface area contributed by atoms with E-state index in [1.807, 2.05) is 25.1 Å². The highest BCUT2D eigenvalue weighted by Gasteiger charge is 2.42. The van der Waals surface area contributed by atoms with Crippen LogP contribution < -0.4 is 10.1 Å². The van der Waals surface area contributed by atoms with Crippen LogP contribution in [-0.2, 0) is 4.74 Å². The van der Waals surface area contributed by atoms with Crippen LogP contribution in [0.5, 0.6) is 5.75 Å². The summed E-state index contributed by atoms with van der Waals surface area (Å²) in [5.41, 5.74) is 1.03. The summed E-state index contributed by atoms with van der Waals surface area (Å²) in [4.78, 5) is 0. The van der Waals surface area contributed by atoms with E-state index >= 15 is 0 Å². The van der Waals surface area contributed by atoms with Gasteiger partial charge in [0.25, 0.3) is 0 Å². The molecule has 0 amide bonds. The van der Waals surface area contributed by atoms with Crippen LogP contribution in [0, 0.1) is 0 Å². The number of benzene rings is 1. The van der Waals surface area contributed by atoms with Gasteiger partial charge in [-0.15, -0.1) is 0 Å². The van der Waals surface area contributed by atoms with E-state index in [-0.39, 0.29) is 11.7 Å². The first-order chi connectivity index (χ1) is 9.22. The molecule has 2 aliphatic heterocycles. The van der Waals surface area contributed by atoms with Gasteiger partial charge in [0.2, 0.25) is 0 Å². The van der Waals surface area contributed by atoms with E-state index < -0.39 is 0 Å². The second-order valence-electron chi connectivity index (χ2n) is 5.37. The molecule has 0 radical (unpaired) electrons. The Morgan fingerprint density at radius 2 is 2.21 bits per heavy atom. The van der Waals surface area contributed by atoms with E-state index in [0.717, 1.165) is 48.7 Å². The number of rotatable bonds is 2. The van der Waals surface area contributed by atoms with Crippen molar-refractivity contribution in [3.05, 3.63) is 28.8 Å². The maximum Gasteiger partial charge on any atom is 0.126 e. The summed E-state index contributed by atoms with van der Waals surface area (Å²) in [5, 5.41) is 4.14. The molecule has 0 aromatic heterocycles. The summed E-state index contributed by atoms with van der Waals surface area (Å²) in [7, 11) is 0. The smallest absolute Gasteiger partial charge is 0.126 e. The standard InChI is InChI=1S/C15H20ClNO2/c1-2-18-14-10-15(5-7-17-8-6-15)19-13-4-3-11(16)9-12(13)14/h3-4,9,14,17H,2,5-8,10H2,1H3. The Labute approximate surface area is 119 Å². The predicted molar refractivity (Wildman–Crippen MR) is 75.9 cm³/mol. The summed E-state index contributed by atoms with van der Waals surface area (Å²) in [6.45, 7) is 4.78. The number of ether oxygens (including phenoxy) is 2. The van der Waals surface area contributed by atoms with E-state index in [9.17, 15) is 0 Å². The van der Waals surface area contributed by atoms with E-state index in [4.69, 9.17) is 21.1 Å². The third kappa shape index (κ3) is 2.60. The highest BCUT2D eigenvalue weighted by molar-refractivity contribution is 6.30. The van der Waals surface area contributed by atoms with Gasteiger partial charge in [-0.1, -0.05) is 11.6 Å². The molecule has 2 heterocycles. The summed E-state index contributed by atoms with van der Waals surface area (Å²) >= 11 is 6.10. The predicted octanol–water partition coefficient (Wildman–Crippen LogP) is 3.32. The second kappa shape index (κ2) is 5.31. The van der Waals surface area contributed by atoms with E-state index in [0.29, 0.717) is 6.61 Å². The molecule has 0 aliphatic carbocycles. The molecule has 0 saturated carbocycles. The van der Waals surface area contributed by atoms with Crippen LogP contribution in [0.3, 0.4) is 0 Å². The molecule has 1 atom stereocenters. The molecule has 1 aromatic carbocycles. The van der Waals surface area contributed by atoms with Gasteiger partial charge < -0.3 is 14.8 Å². The van der Waals surface area contributed by atoms with Gasteiger partial charge in [0.1, 0.15) is 11.4 Å². The molecule has 1 aromatic rings. The lowest BCUT2D eigenvalue weighted by molar-refractivity contribution is -0.0589. The average molecular weight is 282 g/mol. The Morgan fingerprint density at radius 1 is 1.42 bits per heavy atom. The Hall–Kier alpha value is -0.770. The number of fused-ring (bicyclic) bond motifs is 1. The van der Waals surface area contributed by atoms with Crippen molar-refractivity contribution < 1.29 is 9.47 Å². The number of hydrogen-bond acceptors (Lipinski definition) is 3. The lowest BCUT2D eigenvalue weighted by Crippen LogP contribution is -2.49. The molecule has 3 nitrogen and oxygen atoms in total. The van der Waals surface area contributed by atoms with Gasteiger partial charge in [0.15, 0.2) is 0 Å². The second-order valence-corrected chi connectivity index (χ2v) is 5.80. The first kappa shape index (κ1) is 13.2. The normalized spacial score (nSPS) is 24.8. The third-order valence-corrected chi connectivity index (χ3v) is 4.32. The Kier molecular flexibility index (Phi) is 3.70. The van der Waals surface area contributed by atoms with Crippen LogP contribution in [-0.4, -0.2) is 25.3 Å². The van der Waals surface area contributed by atoms with Crippen molar-refractivity contribution in [3.8, 4) is 5.75 Å². The Balaban J connectivity index is 1.94. The fourth-order valence-corrected chi connectivity index (χ4v) is 3.31. The largest absolute Gasteiger partial charge is 0.487 e. The molecule has 19 heavy (non-hydrogen) atoms. The quantitative estimate of drug-likeness (QED) is 0.902. The molecule has 1 unspecified atom stereocenters. The van der Waals surface area contributed by atoms with Crippen LogP contribution in [0.15, 0.2) is 18.2 Å². The van der Waals surface area contributed by atoms with Crippen molar-refractivity contribution in [2.45, 2.75) is 37.9 Å². The number of halogens is 1. The van der Waals surface area contributed by atoms with Crippen LogP contribution in [0.2, 0.25) is 5.02 Å². The van der Waals surface area contributed by atoms with Gasteiger partial charge in [0, 0.05) is 23.6 Å². The van der Waals surface area contributed by atoms with Gasteiger partial charge in [-0.2, -0.15) is 0 Å². The van der Waals surface area contributed by atoms with Gasteiger partial charge >= 0.3 is 0 Å². The first-order valence-corrected chi connectivity index (χ1v) is 7.41. The minimum absolute atomic E-state index is 0.0636. The lowest BCUT2D eigenvalue weighted by Gasteiger charge is -2.44. The zero-order valence-electron chi connectivity index (χ0n) is 11.2. The first-order valence-electron chi connectivity index (χ1n) is 7.03. The molecule has 1 fully saturated rings. The van der Waals surface area contributed by atoms with Crippen LogP contribution in [0.25, 0.3) is 0 Å². The fraction of sp³-hybridized carbons (Fsp3) is 0.600. The molecule has 1 spiro atoms. The lowest BCUT2D eigenvalue weighted by atomic mass is 9.82. The third-order valence-electron chi connectivity index (χ3n) is 4.09. The van der Waals surface area contributed by atoms with E-state index in [1.54, 1.807) is 0 Å². The van der Waals surface area contributed by atoms with Crippen molar-refractivity contribution in [1.29, 1.82) is 0 Å². The van der Waals surface area contributed by atoms with E-state index in [1.165, 1.54) is 0 Å². The highest BCUT2D eigenvalue weighted by atomic mass is 35.5. The molecular weight excluding hydrogens is 262 g/mol. The van der Waals surface area contributed by atoms with Crippen molar-refractivity contribution in [2.24, 2.45) is 0 Å². The Morgan fingerprint density at radius 3 is 2.95 bits per heavy atom. The fourth-order valence-electron chi connectivity index (χ4n) is 3.13. The summed E-state index contributed by atoms with van der Waals surface area (Å²) in [5.74, 6) is 0.941. The minimum atomic E-state index is -0.0636. The summed E-state index contributed by atoms with van der Waals surface area (Å²) in [6, 6.07) is 5.85. The summed E-state index contributed by atoms with van der Waals surface area (Å²) in [6.07, 6.45) is 3.11. The van der Waals surface area contributed by atoms with Gasteiger partial charge in [-0.05, 0) is 51.1 Å². The van der Waals surface area contributed by atoms with Crippen LogP contribution >= 0.6 is 11.6 Å². The molecule has 2 aliphatic rings. The van der Waals surface area contributed by atoms with Crippen molar-refractivity contribution in [3.63, 3.8) is 0 Å². The van der Waals surface area contributed by atoms with Gasteiger partial charge in [-0.3, -0.25) is 0 Å². The number of piperidine rings is 1. The average Bonchev–Trinajstić information content (AvgIpc) is 2.41. The Bertz CT molecular complexity index is 457. The zero-order chi connectivity index (χ0) is 13.3. The summed E-state index contributed by atoms with van der Waals surface area (Å²) < 4.78 is 12.2. The number of hydrogen-bond donors (Lipinski definition) is 1. The van der Waals surface area contributed by atoms with Crippen molar-refractivity contribution in [2.75, 3.05) is 19.7 Å². The molecule has 0 bridgehead atoms. The minimum Gasteiger partial charge on any atom is -0.487 e. The molecule has 104 valence electrons. The molecule has 1 N–H and O–H groups in total. The monoisotopic (exact) mass is 281 g/mol. The van der Waals surface area contributed by atoms with Gasteiger partial charge in [-0.25, -0.2) is 0 Å².